The number of benzene rings is 3. The Kier molecular flexibility index (Phi) is 6.23. The van der Waals surface area contributed by atoms with E-state index in [1.807, 2.05) is 35.9 Å². The summed E-state index contributed by atoms with van der Waals surface area (Å²) in [5, 5.41) is 1.01. The quantitative estimate of drug-likeness (QED) is 0.250. The third-order valence-corrected chi connectivity index (χ3v) is 7.45. The molecule has 1 aliphatic rings. The van der Waals surface area contributed by atoms with E-state index < -0.39 is 5.41 Å². The number of fused-ring (bicyclic) bond motifs is 1. The lowest BCUT2D eigenvalue weighted by atomic mass is 9.81. The maximum Gasteiger partial charge on any atom is 0.238 e. The van der Waals surface area contributed by atoms with Gasteiger partial charge in [0.05, 0.1) is 11.9 Å². The van der Waals surface area contributed by atoms with Crippen molar-refractivity contribution < 1.29 is 18.3 Å². The number of rotatable bonds is 6. The number of ether oxygens (including phenoxy) is 2. The summed E-state index contributed by atoms with van der Waals surface area (Å²) in [6, 6.07) is 16.8. The molecule has 3 aromatic carbocycles. The SMILES string of the molecule is CC1Oc2ccc(C(C)(C)c3cnc(SCc4c(F)cccc4Cl)n3-c3ccc(F)cc3)cc2O1. The Morgan fingerprint density at radius 1 is 1.03 bits per heavy atom. The third kappa shape index (κ3) is 4.50. The van der Waals surface area contributed by atoms with E-state index in [0.717, 1.165) is 16.9 Å². The van der Waals surface area contributed by atoms with Crippen molar-refractivity contribution in [3.63, 3.8) is 0 Å². The highest BCUT2D eigenvalue weighted by molar-refractivity contribution is 7.98. The average molecular weight is 513 g/mol. The minimum absolute atomic E-state index is 0.297. The monoisotopic (exact) mass is 512 g/mol. The fourth-order valence-corrected chi connectivity index (χ4v) is 5.48. The summed E-state index contributed by atoms with van der Waals surface area (Å²) in [5.74, 6) is 1.01. The van der Waals surface area contributed by atoms with Crippen molar-refractivity contribution in [3.05, 3.63) is 100 Å². The standard InChI is InChI=1S/C27H23ClF2N2O2S/c1-16-33-23-12-7-17(13-24(23)34-16)27(2,3)25-14-31-26(32(25)19-10-8-18(29)9-11-19)35-15-20-21(28)5-4-6-22(20)30/h4-14,16H,15H2,1-3H3. The van der Waals surface area contributed by atoms with Crippen LogP contribution < -0.4 is 9.47 Å². The zero-order valence-corrected chi connectivity index (χ0v) is 21.0. The van der Waals surface area contributed by atoms with Gasteiger partial charge in [-0.15, -0.1) is 0 Å². The molecule has 2 heterocycles. The number of hydrogen-bond acceptors (Lipinski definition) is 4. The lowest BCUT2D eigenvalue weighted by molar-refractivity contribution is 0.0678. The molecule has 0 radical (unpaired) electrons. The molecule has 1 aromatic heterocycles. The van der Waals surface area contributed by atoms with Gasteiger partial charge in [-0.25, -0.2) is 13.8 Å². The second-order valence-electron chi connectivity index (χ2n) is 8.82. The smallest absolute Gasteiger partial charge is 0.238 e. The van der Waals surface area contributed by atoms with Crippen molar-refractivity contribution in [2.75, 3.05) is 0 Å². The topological polar surface area (TPSA) is 36.3 Å². The molecule has 35 heavy (non-hydrogen) atoms. The van der Waals surface area contributed by atoms with Crippen LogP contribution in [-0.4, -0.2) is 15.8 Å². The molecule has 0 amide bonds. The molecule has 0 spiro atoms. The number of aromatic nitrogens is 2. The molecule has 0 saturated heterocycles. The summed E-state index contributed by atoms with van der Waals surface area (Å²) in [5.41, 5.74) is 2.56. The maximum absolute atomic E-state index is 14.4. The molecule has 1 unspecified atom stereocenters. The summed E-state index contributed by atoms with van der Waals surface area (Å²) in [7, 11) is 0. The van der Waals surface area contributed by atoms with Gasteiger partial charge in [-0.05, 0) is 54.1 Å². The number of nitrogens with zero attached hydrogens (tertiary/aromatic N) is 2. The van der Waals surface area contributed by atoms with E-state index in [9.17, 15) is 8.78 Å². The van der Waals surface area contributed by atoms with Gasteiger partial charge in [-0.3, -0.25) is 4.57 Å². The first-order valence-corrected chi connectivity index (χ1v) is 12.5. The van der Waals surface area contributed by atoms with Crippen molar-refractivity contribution in [2.45, 2.75) is 43.4 Å². The van der Waals surface area contributed by atoms with Crippen LogP contribution in [0.3, 0.4) is 0 Å². The van der Waals surface area contributed by atoms with Crippen molar-refractivity contribution in [1.82, 2.24) is 9.55 Å². The van der Waals surface area contributed by atoms with Gasteiger partial charge in [-0.1, -0.05) is 49.3 Å². The van der Waals surface area contributed by atoms with E-state index in [1.54, 1.807) is 24.3 Å². The second kappa shape index (κ2) is 9.21. The number of imidazole rings is 1. The molecule has 0 aliphatic carbocycles. The molecule has 4 aromatic rings. The first-order chi connectivity index (χ1) is 16.7. The first kappa shape index (κ1) is 23.7. The van der Waals surface area contributed by atoms with Crippen molar-refractivity contribution >= 4 is 23.4 Å². The van der Waals surface area contributed by atoms with Crippen LogP contribution in [0, 0.1) is 11.6 Å². The fourth-order valence-electron chi connectivity index (χ4n) is 4.14. The molecule has 180 valence electrons. The van der Waals surface area contributed by atoms with Crippen LogP contribution >= 0.6 is 23.4 Å². The molecule has 0 fully saturated rings. The Morgan fingerprint density at radius 3 is 2.51 bits per heavy atom. The number of hydrogen-bond donors (Lipinski definition) is 0. The Bertz CT molecular complexity index is 1370. The molecular weight excluding hydrogens is 490 g/mol. The van der Waals surface area contributed by atoms with Gasteiger partial charge >= 0.3 is 0 Å². The highest BCUT2D eigenvalue weighted by Crippen LogP contribution is 2.42. The first-order valence-electron chi connectivity index (χ1n) is 11.1. The predicted octanol–water partition coefficient (Wildman–Crippen LogP) is 7.54. The van der Waals surface area contributed by atoms with Crippen LogP contribution in [0.4, 0.5) is 8.78 Å². The van der Waals surface area contributed by atoms with E-state index in [0.29, 0.717) is 33.0 Å². The normalized spacial score (nSPS) is 15.0. The molecule has 8 heteroatoms. The summed E-state index contributed by atoms with van der Waals surface area (Å²) in [6.07, 6.45) is 1.48. The van der Waals surface area contributed by atoms with Gasteiger partial charge in [0.2, 0.25) is 6.29 Å². The molecule has 5 rings (SSSR count). The fraction of sp³-hybridized carbons (Fsp3) is 0.222. The van der Waals surface area contributed by atoms with Gasteiger partial charge < -0.3 is 9.47 Å². The van der Waals surface area contributed by atoms with Crippen LogP contribution in [0.1, 0.15) is 37.6 Å². The molecule has 0 N–H and O–H groups in total. The summed E-state index contributed by atoms with van der Waals surface area (Å²) >= 11 is 7.61. The van der Waals surface area contributed by atoms with Gasteiger partial charge in [0.15, 0.2) is 16.7 Å². The van der Waals surface area contributed by atoms with Crippen LogP contribution in [0.15, 0.2) is 72.0 Å². The summed E-state index contributed by atoms with van der Waals surface area (Å²) in [4.78, 5) is 4.68. The molecule has 1 atom stereocenters. The molecular formula is C27H23ClF2N2O2S. The summed E-state index contributed by atoms with van der Waals surface area (Å²) in [6.45, 7) is 6.03. The van der Waals surface area contributed by atoms with E-state index >= 15 is 0 Å². The lowest BCUT2D eigenvalue weighted by Crippen LogP contribution is -2.23. The van der Waals surface area contributed by atoms with E-state index in [4.69, 9.17) is 21.1 Å². The Morgan fingerprint density at radius 2 is 1.77 bits per heavy atom. The molecule has 0 bridgehead atoms. The van der Waals surface area contributed by atoms with Gasteiger partial charge in [-0.2, -0.15) is 0 Å². The minimum Gasteiger partial charge on any atom is -0.451 e. The number of halogens is 3. The predicted molar refractivity (Wildman–Crippen MR) is 134 cm³/mol. The maximum atomic E-state index is 14.4. The van der Waals surface area contributed by atoms with Crippen LogP contribution in [0.5, 0.6) is 11.5 Å². The van der Waals surface area contributed by atoms with Gasteiger partial charge in [0.25, 0.3) is 0 Å². The van der Waals surface area contributed by atoms with E-state index in [-0.39, 0.29) is 17.9 Å². The molecule has 1 aliphatic heterocycles. The number of thioether (sulfide) groups is 1. The Balaban J connectivity index is 1.56. The van der Waals surface area contributed by atoms with Crippen molar-refractivity contribution in [2.24, 2.45) is 0 Å². The largest absolute Gasteiger partial charge is 0.451 e. The van der Waals surface area contributed by atoms with E-state index in [2.05, 4.69) is 18.8 Å². The lowest BCUT2D eigenvalue weighted by Gasteiger charge is -2.27. The van der Waals surface area contributed by atoms with Gasteiger partial charge in [0.1, 0.15) is 11.6 Å². The van der Waals surface area contributed by atoms with Crippen LogP contribution in [-0.2, 0) is 11.2 Å². The third-order valence-electron chi connectivity index (χ3n) is 6.11. The molecule has 4 nitrogen and oxygen atoms in total. The average Bonchev–Trinajstić information content (AvgIpc) is 3.42. The minimum atomic E-state index is -0.500. The Hall–Kier alpha value is -3.03. The van der Waals surface area contributed by atoms with Crippen LogP contribution in [0.2, 0.25) is 5.02 Å². The van der Waals surface area contributed by atoms with Crippen molar-refractivity contribution in [1.29, 1.82) is 0 Å². The zero-order valence-electron chi connectivity index (χ0n) is 19.4. The highest BCUT2D eigenvalue weighted by atomic mass is 35.5. The van der Waals surface area contributed by atoms with Gasteiger partial charge in [0, 0.05) is 34.4 Å². The highest BCUT2D eigenvalue weighted by Gasteiger charge is 2.32. The zero-order chi connectivity index (χ0) is 24.7. The Labute approximate surface area is 211 Å². The molecule has 0 saturated carbocycles. The second-order valence-corrected chi connectivity index (χ2v) is 10.2. The summed E-state index contributed by atoms with van der Waals surface area (Å²) < 4.78 is 41.5. The van der Waals surface area contributed by atoms with Crippen molar-refractivity contribution in [3.8, 4) is 17.2 Å². The van der Waals surface area contributed by atoms with E-state index in [1.165, 1.54) is 30.0 Å². The van der Waals surface area contributed by atoms with Crippen LogP contribution in [0.25, 0.3) is 5.69 Å².